The van der Waals surface area contributed by atoms with Gasteiger partial charge in [0.1, 0.15) is 0 Å². The molecule has 0 aromatic heterocycles. The molecule has 10 aromatic carbocycles. The summed E-state index contributed by atoms with van der Waals surface area (Å²) in [7, 11) is 0. The van der Waals surface area contributed by atoms with Crippen LogP contribution in [0.25, 0.3) is 55.6 Å². The fourth-order valence-electron chi connectivity index (χ4n) is 20.2. The first kappa shape index (κ1) is 79.3. The summed E-state index contributed by atoms with van der Waals surface area (Å²) in [6.45, 7) is 18.6. The third-order valence-electron chi connectivity index (χ3n) is 26.4. The fourth-order valence-corrected chi connectivity index (χ4v) is 20.2. The number of unbranched alkanes of at least 4 members (excludes halogenated alkanes) is 26. The molecule has 109 heavy (non-hydrogen) atoms. The molecule has 0 heteroatoms. The molecule has 0 saturated heterocycles. The van der Waals surface area contributed by atoms with Crippen molar-refractivity contribution < 1.29 is 0 Å². The number of hydrogen-bond donors (Lipinski definition) is 0. The van der Waals surface area contributed by atoms with Gasteiger partial charge in [0.05, 0.1) is 10.8 Å². The smallest absolute Gasteiger partial charge is 0.0654 e. The Labute approximate surface area is 662 Å². The maximum atomic E-state index is 2.72. The van der Waals surface area contributed by atoms with Gasteiger partial charge in [0.15, 0.2) is 0 Å². The van der Waals surface area contributed by atoms with E-state index in [-0.39, 0.29) is 5.41 Å². The highest BCUT2D eigenvalue weighted by atomic mass is 14.5. The van der Waals surface area contributed by atoms with E-state index < -0.39 is 10.8 Å². The van der Waals surface area contributed by atoms with E-state index in [4.69, 9.17) is 0 Å². The lowest BCUT2D eigenvalue weighted by Gasteiger charge is -2.35. The summed E-state index contributed by atoms with van der Waals surface area (Å²) in [6, 6.07) is 85.9. The standard InChI is InChI=1S/C109H134/c1-9-15-21-27-31-37-43-85-51-63-93(64-52-85)109(94-65-53-86(54-66-94)44-38-32-28-22-16-10-2)105-78-88(87-55-69-96-95-67-45-81(7)75-101(95)107(102(96)77-87,73-39-33-29-23-17-11-3)74-40-34-30-24-18-12-4)56-71-99(105)100-72-58-90(80-106(100)109)89-57-70-98-97-68-46-82(8)76-103(97)108(104(98)79-89,91-59-47-83(48-60-91)41-35-25-19-13-5)92-61-49-84(50-62-92)42-36-26-20-14-6/h45-72,75-80H,9-44,73-74H2,1-8H3. The fraction of sp³-hybridized carbons (Fsp3) is 0.450. The number of rotatable bonds is 44. The zero-order chi connectivity index (χ0) is 75.4. The van der Waals surface area contributed by atoms with Gasteiger partial charge in [-0.1, -0.05) is 414 Å². The Balaban J connectivity index is 0.983. The molecule has 0 saturated carbocycles. The molecule has 0 unspecified atom stereocenters. The van der Waals surface area contributed by atoms with E-state index >= 15 is 0 Å². The van der Waals surface area contributed by atoms with E-state index in [9.17, 15) is 0 Å². The van der Waals surface area contributed by atoms with Gasteiger partial charge >= 0.3 is 0 Å². The molecule has 0 bridgehead atoms. The quantitative estimate of drug-likeness (QED) is 0.0334. The highest BCUT2D eigenvalue weighted by molar-refractivity contribution is 5.93. The van der Waals surface area contributed by atoms with Gasteiger partial charge in [-0.3, -0.25) is 0 Å². The van der Waals surface area contributed by atoms with E-state index in [1.54, 1.807) is 11.1 Å². The van der Waals surface area contributed by atoms with Gasteiger partial charge in [0.25, 0.3) is 0 Å². The van der Waals surface area contributed by atoms with Gasteiger partial charge in [-0.2, -0.15) is 0 Å². The van der Waals surface area contributed by atoms with Crippen molar-refractivity contribution in [3.05, 3.63) is 295 Å². The van der Waals surface area contributed by atoms with Crippen LogP contribution in [0, 0.1) is 13.8 Å². The van der Waals surface area contributed by atoms with Crippen molar-refractivity contribution in [1.29, 1.82) is 0 Å². The molecule has 0 fully saturated rings. The topological polar surface area (TPSA) is 0 Å². The highest BCUT2D eigenvalue weighted by Gasteiger charge is 2.49. The summed E-state index contributed by atoms with van der Waals surface area (Å²) < 4.78 is 0. The predicted molar refractivity (Wildman–Crippen MR) is 473 cm³/mol. The highest BCUT2D eigenvalue weighted by Crippen LogP contribution is 2.61. The molecule has 0 N–H and O–H groups in total. The largest absolute Gasteiger partial charge is 0.0714 e. The lowest BCUT2D eigenvalue weighted by atomic mass is 9.66. The molecule has 0 spiro atoms. The van der Waals surface area contributed by atoms with Crippen molar-refractivity contribution >= 4 is 0 Å². The summed E-state index contributed by atoms with van der Waals surface area (Å²) in [6.07, 6.45) is 48.5. The van der Waals surface area contributed by atoms with E-state index in [0.717, 1.165) is 25.7 Å². The Morgan fingerprint density at radius 2 is 0.404 bits per heavy atom. The maximum Gasteiger partial charge on any atom is 0.0714 e. The van der Waals surface area contributed by atoms with Crippen LogP contribution in [0.3, 0.4) is 0 Å². The molecule has 10 aromatic rings. The zero-order valence-corrected chi connectivity index (χ0v) is 69.0. The molecule has 0 aliphatic heterocycles. The molecule has 13 rings (SSSR count). The average molecular weight is 1440 g/mol. The second-order valence-corrected chi connectivity index (χ2v) is 34.2. The summed E-state index contributed by atoms with van der Waals surface area (Å²) in [5, 5.41) is 0. The second kappa shape index (κ2) is 38.4. The van der Waals surface area contributed by atoms with Crippen molar-refractivity contribution in [3.63, 3.8) is 0 Å². The molecule has 3 aliphatic carbocycles. The number of aryl methyl sites for hydroxylation is 6. The van der Waals surface area contributed by atoms with Crippen LogP contribution in [0.1, 0.15) is 349 Å². The maximum absolute atomic E-state index is 2.72. The van der Waals surface area contributed by atoms with Crippen LogP contribution in [-0.4, -0.2) is 0 Å². The predicted octanol–water partition coefficient (Wildman–Crippen LogP) is 32.2. The van der Waals surface area contributed by atoms with Gasteiger partial charge < -0.3 is 0 Å². The van der Waals surface area contributed by atoms with Crippen molar-refractivity contribution in [2.75, 3.05) is 0 Å². The van der Waals surface area contributed by atoms with Crippen molar-refractivity contribution in [1.82, 2.24) is 0 Å². The monoisotopic (exact) mass is 1440 g/mol. The van der Waals surface area contributed by atoms with Crippen LogP contribution in [0.15, 0.2) is 206 Å². The van der Waals surface area contributed by atoms with Gasteiger partial charge in [0.2, 0.25) is 0 Å². The lowest BCUT2D eigenvalue weighted by Crippen LogP contribution is -2.29. The van der Waals surface area contributed by atoms with E-state index in [2.05, 4.69) is 262 Å². The molecular formula is C109H134. The molecule has 3 aliphatic rings. The van der Waals surface area contributed by atoms with Crippen LogP contribution < -0.4 is 0 Å². The Morgan fingerprint density at radius 3 is 0.697 bits per heavy atom. The number of fused-ring (bicyclic) bond motifs is 9. The minimum Gasteiger partial charge on any atom is -0.0654 e. The molecule has 0 amide bonds. The first-order chi connectivity index (χ1) is 53.6. The van der Waals surface area contributed by atoms with E-state index in [1.165, 1.54) is 352 Å². The van der Waals surface area contributed by atoms with Gasteiger partial charge in [0, 0.05) is 5.41 Å². The van der Waals surface area contributed by atoms with Gasteiger partial charge in [-0.15, -0.1) is 0 Å². The Morgan fingerprint density at radius 1 is 0.193 bits per heavy atom. The third kappa shape index (κ3) is 17.3. The first-order valence-electron chi connectivity index (χ1n) is 44.8. The molecule has 0 heterocycles. The number of hydrogen-bond acceptors (Lipinski definition) is 0. The molecule has 0 nitrogen and oxygen atoms in total. The minimum atomic E-state index is -0.622. The first-order valence-corrected chi connectivity index (χ1v) is 44.8. The van der Waals surface area contributed by atoms with Gasteiger partial charge in [-0.05, 0) is 236 Å². The van der Waals surface area contributed by atoms with Crippen LogP contribution in [0.5, 0.6) is 0 Å². The lowest BCUT2D eigenvalue weighted by molar-refractivity contribution is 0.398. The SMILES string of the molecule is CCCCCCCCc1ccc(C2(c3ccc(CCCCCCCC)cc3)c3cc(-c4ccc5c(c4)C(CCCCCCCC)(CCCCCCCC)c4cc(C)ccc4-5)ccc3-c3ccc(-c4ccc5c(c4)C(c4ccc(CCCCCC)cc4)(c4ccc(CCCCCC)cc4)c4cc(C)ccc4-5)cc32)cc1. The zero-order valence-electron chi connectivity index (χ0n) is 69.0. The Hall–Kier alpha value is -7.80. The third-order valence-corrected chi connectivity index (χ3v) is 26.4. The Bertz CT molecular complexity index is 4400. The molecule has 570 valence electrons. The van der Waals surface area contributed by atoms with Crippen molar-refractivity contribution in [2.24, 2.45) is 0 Å². The average Bonchev–Trinajstić information content (AvgIpc) is 1.55. The molecular weight excluding hydrogens is 1310 g/mol. The number of benzene rings is 10. The van der Waals surface area contributed by atoms with Crippen LogP contribution in [0.4, 0.5) is 0 Å². The second-order valence-electron chi connectivity index (χ2n) is 34.2. The van der Waals surface area contributed by atoms with Crippen LogP contribution in [0.2, 0.25) is 0 Å². The summed E-state index contributed by atoms with van der Waals surface area (Å²) in [4.78, 5) is 0. The summed E-state index contributed by atoms with van der Waals surface area (Å²) in [5.41, 5.74) is 35.0. The minimum absolute atomic E-state index is 0.0147. The summed E-state index contributed by atoms with van der Waals surface area (Å²) in [5.74, 6) is 0. The van der Waals surface area contributed by atoms with E-state index in [1.807, 2.05) is 0 Å². The van der Waals surface area contributed by atoms with Crippen LogP contribution in [-0.2, 0) is 41.9 Å². The molecule has 0 atom stereocenters. The Kier molecular flexibility index (Phi) is 27.9. The normalized spacial score (nSPS) is 13.8. The van der Waals surface area contributed by atoms with Crippen LogP contribution >= 0.6 is 0 Å². The van der Waals surface area contributed by atoms with Gasteiger partial charge in [-0.25, -0.2) is 0 Å². The van der Waals surface area contributed by atoms with Crippen molar-refractivity contribution in [2.45, 2.75) is 316 Å². The van der Waals surface area contributed by atoms with E-state index in [0.29, 0.717) is 0 Å². The molecule has 0 radical (unpaired) electrons. The summed E-state index contributed by atoms with van der Waals surface area (Å²) >= 11 is 0. The van der Waals surface area contributed by atoms with Crippen molar-refractivity contribution in [3.8, 4) is 55.6 Å².